The zero-order valence-corrected chi connectivity index (χ0v) is 12.6. The number of halogens is 1. The van der Waals surface area contributed by atoms with Crippen molar-refractivity contribution >= 4 is 21.8 Å². The molecule has 3 nitrogen and oxygen atoms in total. The molecule has 4 heteroatoms. The number of amides is 1. The molecule has 0 spiro atoms. The fourth-order valence-corrected chi connectivity index (χ4v) is 2.76. The molecule has 1 aliphatic carbocycles. The topological polar surface area (TPSA) is 42.0 Å². The zero-order chi connectivity index (χ0) is 14.0. The summed E-state index contributed by atoms with van der Waals surface area (Å²) < 4.78 is 0.814. The van der Waals surface area contributed by atoms with Crippen LogP contribution in [0.4, 0.5) is 0 Å². The summed E-state index contributed by atoms with van der Waals surface area (Å²) in [6.07, 6.45) is 5.52. The Morgan fingerprint density at radius 2 is 2.00 bits per heavy atom. The normalized spacial score (nSPS) is 15.7. The average Bonchev–Trinajstić information content (AvgIpc) is 3.27. The van der Waals surface area contributed by atoms with E-state index in [1.165, 1.54) is 5.56 Å². The first kappa shape index (κ1) is 13.3. The van der Waals surface area contributed by atoms with E-state index in [1.54, 1.807) is 18.5 Å². The van der Waals surface area contributed by atoms with E-state index in [9.17, 15) is 4.79 Å². The van der Waals surface area contributed by atoms with Gasteiger partial charge in [-0.05, 0) is 40.4 Å². The third-order valence-corrected chi connectivity index (χ3v) is 4.23. The Hall–Kier alpha value is -1.68. The second-order valence-corrected chi connectivity index (χ2v) is 6.14. The molecule has 0 aliphatic heterocycles. The maximum Gasteiger partial charge on any atom is 0.252 e. The Bertz CT molecular complexity index is 623. The van der Waals surface area contributed by atoms with Crippen molar-refractivity contribution in [2.75, 3.05) is 6.54 Å². The minimum atomic E-state index is -0.0685. The van der Waals surface area contributed by atoms with Crippen LogP contribution in [-0.4, -0.2) is 17.4 Å². The van der Waals surface area contributed by atoms with Crippen molar-refractivity contribution in [1.82, 2.24) is 10.3 Å². The van der Waals surface area contributed by atoms with E-state index < -0.39 is 0 Å². The SMILES string of the molecule is O=C(NCC1(c2ccccc2)CC1)c1cncc(Br)c1. The number of aromatic nitrogens is 1. The van der Waals surface area contributed by atoms with Crippen molar-refractivity contribution < 1.29 is 4.79 Å². The number of nitrogens with zero attached hydrogens (tertiary/aromatic N) is 1. The van der Waals surface area contributed by atoms with Crippen LogP contribution in [0.25, 0.3) is 0 Å². The van der Waals surface area contributed by atoms with Gasteiger partial charge in [-0.2, -0.15) is 0 Å². The molecule has 0 unspecified atom stereocenters. The van der Waals surface area contributed by atoms with E-state index >= 15 is 0 Å². The number of nitrogens with one attached hydrogen (secondary N) is 1. The summed E-state index contributed by atoms with van der Waals surface area (Å²) in [5.41, 5.74) is 2.03. The minimum absolute atomic E-state index is 0.0685. The lowest BCUT2D eigenvalue weighted by molar-refractivity contribution is 0.0949. The maximum absolute atomic E-state index is 12.1. The van der Waals surface area contributed by atoms with Crippen molar-refractivity contribution in [2.45, 2.75) is 18.3 Å². The van der Waals surface area contributed by atoms with Crippen molar-refractivity contribution in [3.8, 4) is 0 Å². The van der Waals surface area contributed by atoms with Crippen LogP contribution in [0.5, 0.6) is 0 Å². The van der Waals surface area contributed by atoms with Crippen LogP contribution in [0.1, 0.15) is 28.8 Å². The van der Waals surface area contributed by atoms with Gasteiger partial charge in [0.1, 0.15) is 0 Å². The van der Waals surface area contributed by atoms with Gasteiger partial charge in [-0.15, -0.1) is 0 Å². The Balaban J connectivity index is 1.67. The van der Waals surface area contributed by atoms with Gasteiger partial charge >= 0.3 is 0 Å². The molecule has 0 atom stereocenters. The van der Waals surface area contributed by atoms with Crippen LogP contribution >= 0.6 is 15.9 Å². The van der Waals surface area contributed by atoms with Gasteiger partial charge in [0.05, 0.1) is 5.56 Å². The number of pyridine rings is 1. The fraction of sp³-hybridized carbons (Fsp3) is 0.250. The van der Waals surface area contributed by atoms with Gasteiger partial charge in [0.25, 0.3) is 5.91 Å². The molecular weight excluding hydrogens is 316 g/mol. The van der Waals surface area contributed by atoms with Crippen LogP contribution in [0.3, 0.4) is 0 Å². The van der Waals surface area contributed by atoms with E-state index in [0.29, 0.717) is 12.1 Å². The van der Waals surface area contributed by atoms with Gasteiger partial charge in [0.2, 0.25) is 0 Å². The predicted molar refractivity (Wildman–Crippen MR) is 81.6 cm³/mol. The van der Waals surface area contributed by atoms with Crippen molar-refractivity contribution in [1.29, 1.82) is 0 Å². The van der Waals surface area contributed by atoms with Gasteiger partial charge in [-0.25, -0.2) is 0 Å². The summed E-state index contributed by atoms with van der Waals surface area (Å²) in [5, 5.41) is 3.03. The Morgan fingerprint density at radius 1 is 1.25 bits per heavy atom. The molecular formula is C16H15BrN2O. The highest BCUT2D eigenvalue weighted by atomic mass is 79.9. The lowest BCUT2D eigenvalue weighted by atomic mass is 9.96. The second-order valence-electron chi connectivity index (χ2n) is 5.22. The quantitative estimate of drug-likeness (QED) is 0.934. The van der Waals surface area contributed by atoms with Crippen LogP contribution in [0.2, 0.25) is 0 Å². The summed E-state index contributed by atoms with van der Waals surface area (Å²) >= 11 is 3.33. The first-order chi connectivity index (χ1) is 9.70. The van der Waals surface area contributed by atoms with Gasteiger partial charge in [0.15, 0.2) is 0 Å². The number of hydrogen-bond acceptors (Lipinski definition) is 2. The Kier molecular flexibility index (Phi) is 3.57. The molecule has 1 N–H and O–H groups in total. The molecule has 1 aromatic carbocycles. The molecule has 20 heavy (non-hydrogen) atoms. The number of hydrogen-bond donors (Lipinski definition) is 1. The smallest absolute Gasteiger partial charge is 0.252 e. The van der Waals surface area contributed by atoms with Crippen molar-refractivity contribution in [3.63, 3.8) is 0 Å². The molecule has 1 aliphatic rings. The highest BCUT2D eigenvalue weighted by Gasteiger charge is 2.44. The summed E-state index contributed by atoms with van der Waals surface area (Å²) in [4.78, 5) is 16.1. The fourth-order valence-electron chi connectivity index (χ4n) is 2.40. The first-order valence-corrected chi connectivity index (χ1v) is 7.43. The molecule has 102 valence electrons. The molecule has 3 rings (SSSR count). The molecule has 1 saturated carbocycles. The van der Waals surface area contributed by atoms with E-state index in [0.717, 1.165) is 17.3 Å². The summed E-state index contributed by atoms with van der Waals surface area (Å²) in [6.45, 7) is 0.683. The number of carbonyl (C=O) groups is 1. The zero-order valence-electron chi connectivity index (χ0n) is 11.0. The third-order valence-electron chi connectivity index (χ3n) is 3.79. The minimum Gasteiger partial charge on any atom is -0.351 e. The van der Waals surface area contributed by atoms with Gasteiger partial charge in [0, 0.05) is 28.8 Å². The van der Waals surface area contributed by atoms with Gasteiger partial charge in [-0.1, -0.05) is 30.3 Å². The Morgan fingerprint density at radius 3 is 2.65 bits per heavy atom. The van der Waals surface area contributed by atoms with Crippen LogP contribution < -0.4 is 5.32 Å². The lowest BCUT2D eigenvalue weighted by Gasteiger charge is -2.16. The molecule has 1 heterocycles. The highest BCUT2D eigenvalue weighted by molar-refractivity contribution is 9.10. The molecule has 1 amide bonds. The summed E-state index contributed by atoms with van der Waals surface area (Å²) in [5.74, 6) is -0.0685. The second kappa shape index (κ2) is 5.37. The van der Waals surface area contributed by atoms with Crippen LogP contribution in [0, 0.1) is 0 Å². The third kappa shape index (κ3) is 2.75. The number of carbonyl (C=O) groups excluding carboxylic acids is 1. The molecule has 0 saturated heterocycles. The molecule has 1 aromatic heterocycles. The molecule has 2 aromatic rings. The van der Waals surface area contributed by atoms with Crippen molar-refractivity contribution in [2.24, 2.45) is 0 Å². The Labute approximate surface area is 126 Å². The number of rotatable bonds is 4. The molecule has 1 fully saturated rings. The maximum atomic E-state index is 12.1. The van der Waals surface area contributed by atoms with E-state index in [-0.39, 0.29) is 11.3 Å². The van der Waals surface area contributed by atoms with Gasteiger partial charge < -0.3 is 5.32 Å². The summed E-state index contributed by atoms with van der Waals surface area (Å²) in [6, 6.07) is 12.2. The monoisotopic (exact) mass is 330 g/mol. The average molecular weight is 331 g/mol. The summed E-state index contributed by atoms with van der Waals surface area (Å²) in [7, 11) is 0. The number of benzene rings is 1. The lowest BCUT2D eigenvalue weighted by Crippen LogP contribution is -2.32. The predicted octanol–water partition coefficient (Wildman–Crippen LogP) is 3.31. The van der Waals surface area contributed by atoms with Crippen LogP contribution in [0.15, 0.2) is 53.3 Å². The standard InChI is InChI=1S/C16H15BrN2O/c17-14-8-12(9-18-10-14)15(20)19-11-16(6-7-16)13-4-2-1-3-5-13/h1-5,8-10H,6-7,11H2,(H,19,20). The molecule has 0 radical (unpaired) electrons. The van der Waals surface area contributed by atoms with E-state index in [1.807, 2.05) is 6.07 Å². The van der Waals surface area contributed by atoms with Crippen LogP contribution in [-0.2, 0) is 5.41 Å². The molecule has 0 bridgehead atoms. The van der Waals surface area contributed by atoms with Gasteiger partial charge in [-0.3, -0.25) is 9.78 Å². The first-order valence-electron chi connectivity index (χ1n) is 6.64. The van der Waals surface area contributed by atoms with E-state index in [4.69, 9.17) is 0 Å². The van der Waals surface area contributed by atoms with E-state index in [2.05, 4.69) is 50.5 Å². The van der Waals surface area contributed by atoms with Crippen molar-refractivity contribution in [3.05, 3.63) is 64.4 Å². The highest BCUT2D eigenvalue weighted by Crippen LogP contribution is 2.47. The largest absolute Gasteiger partial charge is 0.351 e.